The second kappa shape index (κ2) is 12.1. The second-order valence-corrected chi connectivity index (χ2v) is 11.9. The number of hydrogen-bond donors (Lipinski definition) is 1. The van der Waals surface area contributed by atoms with Gasteiger partial charge in [-0.2, -0.15) is 30.9 Å². The van der Waals surface area contributed by atoms with Crippen LogP contribution >= 0.6 is 11.8 Å². The molecule has 1 fully saturated rings. The van der Waals surface area contributed by atoms with Gasteiger partial charge in [0.25, 0.3) is 0 Å². The van der Waals surface area contributed by atoms with E-state index in [2.05, 4.69) is 19.4 Å². The first-order chi connectivity index (χ1) is 18.0. The molecule has 1 aliphatic rings. The molecule has 1 aliphatic heterocycles. The molecule has 1 amide bonds. The van der Waals surface area contributed by atoms with Gasteiger partial charge in [-0.05, 0) is 26.8 Å². The van der Waals surface area contributed by atoms with Crippen LogP contribution in [0.15, 0.2) is 29.4 Å². The largest absolute Gasteiger partial charge is 0.468 e. The Morgan fingerprint density at radius 3 is 2.38 bits per heavy atom. The first kappa shape index (κ1) is 30.6. The smallest absolute Gasteiger partial charge is 0.422 e. The fourth-order valence-electron chi connectivity index (χ4n) is 3.19. The number of carbonyl (C=O) groups excluding carboxylic acids is 1. The number of nitrogens with one attached hydrogen (secondary N) is 1. The molecule has 0 saturated carbocycles. The van der Waals surface area contributed by atoms with Crippen molar-refractivity contribution >= 4 is 33.9 Å². The predicted octanol–water partition coefficient (Wildman–Crippen LogP) is 4.20. The van der Waals surface area contributed by atoms with Gasteiger partial charge in [0.2, 0.25) is 5.88 Å². The lowest BCUT2D eigenvalue weighted by Gasteiger charge is -2.34. The summed E-state index contributed by atoms with van der Waals surface area (Å²) in [6, 6.07) is 4.37. The Labute approximate surface area is 226 Å². The summed E-state index contributed by atoms with van der Waals surface area (Å²) < 4.78 is 105. The minimum atomic E-state index is -4.70. The van der Waals surface area contributed by atoms with E-state index in [-0.39, 0.29) is 42.7 Å². The molecule has 1 saturated heterocycles. The Kier molecular flexibility index (Phi) is 9.48. The average Bonchev–Trinajstić information content (AvgIpc) is 2.82. The molecule has 2 heterocycles. The van der Waals surface area contributed by atoms with Crippen molar-refractivity contribution in [3.8, 4) is 5.88 Å². The number of alkyl halides is 3. The van der Waals surface area contributed by atoms with Crippen LogP contribution in [0.25, 0.3) is 0 Å². The molecule has 1 aromatic heterocycles. The summed E-state index contributed by atoms with van der Waals surface area (Å²) in [4.78, 5) is 21.4. The van der Waals surface area contributed by atoms with Crippen LogP contribution in [-0.2, 0) is 20.7 Å². The monoisotopic (exact) mass is 599 g/mol. The minimum absolute atomic E-state index is 0.0415. The number of carbonyl (C=O) groups is 1. The highest BCUT2D eigenvalue weighted by Crippen LogP contribution is 2.27. The van der Waals surface area contributed by atoms with Crippen molar-refractivity contribution in [3.05, 3.63) is 41.5 Å². The molecule has 3 rings (SSSR count). The maximum Gasteiger partial charge on any atom is 0.422 e. The molecule has 0 aliphatic carbocycles. The van der Waals surface area contributed by atoms with E-state index in [1.54, 1.807) is 20.8 Å². The van der Waals surface area contributed by atoms with Crippen LogP contribution < -0.4 is 9.46 Å². The molecule has 216 valence electrons. The van der Waals surface area contributed by atoms with Crippen LogP contribution in [0.4, 0.5) is 32.6 Å². The molecule has 2 aromatic rings. The van der Waals surface area contributed by atoms with Crippen LogP contribution in [0, 0.1) is 11.6 Å². The molecule has 1 N–H and O–H groups in total. The lowest BCUT2D eigenvalue weighted by atomic mass is 10.2. The molecule has 0 bridgehead atoms. The third-order valence-electron chi connectivity index (χ3n) is 4.92. The van der Waals surface area contributed by atoms with Gasteiger partial charge in [0.15, 0.2) is 23.4 Å². The summed E-state index contributed by atoms with van der Waals surface area (Å²) in [5.74, 6) is -3.39. The van der Waals surface area contributed by atoms with E-state index in [0.717, 1.165) is 28.2 Å². The van der Waals surface area contributed by atoms with E-state index in [1.807, 2.05) is 0 Å². The van der Waals surface area contributed by atoms with Gasteiger partial charge in [0.1, 0.15) is 11.4 Å². The molecule has 0 radical (unpaired) electrons. The number of halogens is 5. The number of hydrogen-bond acceptors (Lipinski definition) is 8. The zero-order valence-corrected chi connectivity index (χ0v) is 22.7. The molecule has 39 heavy (non-hydrogen) atoms. The number of amides is 1. The van der Waals surface area contributed by atoms with Gasteiger partial charge < -0.3 is 14.4 Å². The number of thioether (sulfide) groups is 1. The summed E-state index contributed by atoms with van der Waals surface area (Å²) in [6.07, 6.45) is -5.29. The second-order valence-electron chi connectivity index (χ2n) is 9.25. The number of anilines is 1. The van der Waals surface area contributed by atoms with Crippen molar-refractivity contribution in [1.29, 1.82) is 0 Å². The molecular weight excluding hydrogens is 573 g/mol. The molecular formula is C22H26F5N5O5S2. The van der Waals surface area contributed by atoms with Gasteiger partial charge in [-0.15, -0.1) is 0 Å². The molecule has 10 nitrogen and oxygen atoms in total. The zero-order valence-electron chi connectivity index (χ0n) is 21.1. The van der Waals surface area contributed by atoms with Gasteiger partial charge in [-0.25, -0.2) is 18.6 Å². The van der Waals surface area contributed by atoms with Crippen LogP contribution in [-0.4, -0.2) is 78.2 Å². The van der Waals surface area contributed by atoms with E-state index in [4.69, 9.17) is 4.74 Å². The molecule has 0 atom stereocenters. The Balaban J connectivity index is 1.74. The van der Waals surface area contributed by atoms with Crippen molar-refractivity contribution in [2.24, 2.45) is 0 Å². The summed E-state index contributed by atoms with van der Waals surface area (Å²) in [5.41, 5.74) is -0.785. The standard InChI is InChI=1S/C22H26F5N5O5S2/c1-21(2,3)37-20(33)31-7-9-32(10-8-31)39(34,35)30-16-11-17(36-13-22(25,26)27)29-19(28-16)38-12-14-5-4-6-15(23)18(14)24/h4-6,11H,7-10,12-13H2,1-3H3,(H,28,29,30). The maximum absolute atomic E-state index is 14.0. The third kappa shape index (κ3) is 9.35. The zero-order chi connectivity index (χ0) is 29.0. The van der Waals surface area contributed by atoms with Crippen LogP contribution in [0.2, 0.25) is 0 Å². The summed E-state index contributed by atoms with van der Waals surface area (Å²) in [6.45, 7) is 3.31. The topological polar surface area (TPSA) is 114 Å². The van der Waals surface area contributed by atoms with Gasteiger partial charge in [0.05, 0.1) is 0 Å². The Hall–Kier alpha value is -2.92. The summed E-state index contributed by atoms with van der Waals surface area (Å²) in [5, 5.41) is -0.245. The fourth-order valence-corrected chi connectivity index (χ4v) is 5.15. The highest BCUT2D eigenvalue weighted by Gasteiger charge is 2.32. The van der Waals surface area contributed by atoms with Gasteiger partial charge in [0, 0.05) is 43.6 Å². The number of benzene rings is 1. The Morgan fingerprint density at radius 1 is 1.10 bits per heavy atom. The first-order valence-electron chi connectivity index (χ1n) is 11.4. The van der Waals surface area contributed by atoms with E-state index in [0.29, 0.717) is 0 Å². The van der Waals surface area contributed by atoms with E-state index < -0.39 is 58.0 Å². The van der Waals surface area contributed by atoms with E-state index >= 15 is 0 Å². The van der Waals surface area contributed by atoms with Crippen molar-refractivity contribution in [2.75, 3.05) is 37.5 Å². The average molecular weight is 600 g/mol. The van der Waals surface area contributed by atoms with Crippen LogP contribution in [0.1, 0.15) is 26.3 Å². The normalized spacial score (nSPS) is 15.2. The van der Waals surface area contributed by atoms with Crippen molar-refractivity contribution in [2.45, 2.75) is 43.5 Å². The Bertz CT molecular complexity index is 1280. The molecule has 1 aromatic carbocycles. The number of aromatic nitrogens is 2. The first-order valence-corrected chi connectivity index (χ1v) is 13.8. The molecule has 17 heteroatoms. The number of piperazine rings is 1. The van der Waals surface area contributed by atoms with E-state index in [9.17, 15) is 35.2 Å². The Morgan fingerprint density at radius 2 is 1.77 bits per heavy atom. The maximum atomic E-state index is 14.0. The lowest BCUT2D eigenvalue weighted by molar-refractivity contribution is -0.154. The van der Waals surface area contributed by atoms with Gasteiger partial charge in [-0.1, -0.05) is 23.9 Å². The quantitative estimate of drug-likeness (QED) is 0.273. The van der Waals surface area contributed by atoms with Gasteiger partial charge in [-0.3, -0.25) is 4.72 Å². The minimum Gasteiger partial charge on any atom is -0.468 e. The highest BCUT2D eigenvalue weighted by atomic mass is 32.2. The van der Waals surface area contributed by atoms with Crippen molar-refractivity contribution in [1.82, 2.24) is 19.2 Å². The number of nitrogens with zero attached hydrogens (tertiary/aromatic N) is 4. The lowest BCUT2D eigenvalue weighted by Crippen LogP contribution is -2.52. The summed E-state index contributed by atoms with van der Waals surface area (Å²) in [7, 11) is -4.26. The SMILES string of the molecule is CC(C)(C)OC(=O)N1CCN(S(=O)(=O)Nc2cc(OCC(F)(F)F)nc(SCc3cccc(F)c3F)n2)CC1. The molecule has 0 spiro atoms. The molecule has 0 unspecified atom stereocenters. The van der Waals surface area contributed by atoms with E-state index in [1.165, 1.54) is 17.0 Å². The predicted molar refractivity (Wildman–Crippen MR) is 131 cm³/mol. The van der Waals surface area contributed by atoms with Crippen molar-refractivity contribution < 1.29 is 44.6 Å². The fraction of sp³-hybridized carbons (Fsp3) is 0.500. The number of rotatable bonds is 8. The third-order valence-corrected chi connectivity index (χ3v) is 7.33. The van der Waals surface area contributed by atoms with Crippen molar-refractivity contribution in [3.63, 3.8) is 0 Å². The number of ether oxygens (including phenoxy) is 2. The van der Waals surface area contributed by atoms with Crippen LogP contribution in [0.3, 0.4) is 0 Å². The van der Waals surface area contributed by atoms with Gasteiger partial charge >= 0.3 is 22.5 Å². The summed E-state index contributed by atoms with van der Waals surface area (Å²) >= 11 is 0.731. The highest BCUT2D eigenvalue weighted by molar-refractivity contribution is 7.98. The van der Waals surface area contributed by atoms with Crippen LogP contribution in [0.5, 0.6) is 5.88 Å².